The lowest BCUT2D eigenvalue weighted by Crippen LogP contribution is -2.48. The molecule has 128 valence electrons. The fourth-order valence-electron chi connectivity index (χ4n) is 2.35. The summed E-state index contributed by atoms with van der Waals surface area (Å²) >= 11 is 0. The topological polar surface area (TPSA) is 104 Å². The normalized spacial score (nSPS) is 19.8. The molecule has 2 atom stereocenters. The Morgan fingerprint density at radius 3 is 2.17 bits per heavy atom. The van der Waals surface area contributed by atoms with E-state index in [2.05, 4.69) is 5.32 Å². The fraction of sp³-hybridized carbons (Fsp3) is 0.588. The molecule has 6 heteroatoms. The highest BCUT2D eigenvalue weighted by atomic mass is 16.3. The van der Waals surface area contributed by atoms with Crippen molar-refractivity contribution in [3.8, 4) is 0 Å². The Labute approximate surface area is 136 Å². The molecule has 0 aromatic carbocycles. The van der Waals surface area contributed by atoms with E-state index < -0.39 is 17.7 Å². The van der Waals surface area contributed by atoms with Crippen LogP contribution in [0.25, 0.3) is 0 Å². The third-order valence-corrected chi connectivity index (χ3v) is 4.35. The van der Waals surface area contributed by atoms with Gasteiger partial charge in [-0.1, -0.05) is 6.92 Å². The third kappa shape index (κ3) is 4.14. The molecular formula is C17H25NO5. The number of aliphatic hydroxyl groups excluding tert-OH is 1. The average Bonchev–Trinajstić information content (AvgIpc) is 2.50. The largest absolute Gasteiger partial charge is 0.380 e. The van der Waals surface area contributed by atoms with Crippen LogP contribution < -0.4 is 5.32 Å². The summed E-state index contributed by atoms with van der Waals surface area (Å²) in [7, 11) is 0. The van der Waals surface area contributed by atoms with E-state index in [1.54, 1.807) is 27.7 Å². The van der Waals surface area contributed by atoms with Gasteiger partial charge in [0.15, 0.2) is 11.6 Å². The molecule has 0 heterocycles. The van der Waals surface area contributed by atoms with E-state index in [-0.39, 0.29) is 24.4 Å². The standard InChI is InChI=1S/C17H25NO5/c1-6-13(19)18-16(22)17(5,23)8-7-12-11(4)14(20)9(2)10(3)15(12)21/h13,19,23H,6-8H2,1-5H3,(H,18,22). The number of ketones is 2. The quantitative estimate of drug-likeness (QED) is 0.503. The molecule has 2 unspecified atom stereocenters. The van der Waals surface area contributed by atoms with Crippen molar-refractivity contribution in [1.82, 2.24) is 5.32 Å². The Kier molecular flexibility index (Phi) is 6.02. The van der Waals surface area contributed by atoms with Crippen LogP contribution in [-0.4, -0.2) is 39.5 Å². The molecule has 0 saturated carbocycles. The number of Topliss-reactive ketones (excluding diaryl/α,β-unsaturated/α-hetero) is 2. The van der Waals surface area contributed by atoms with Gasteiger partial charge >= 0.3 is 0 Å². The van der Waals surface area contributed by atoms with Gasteiger partial charge in [-0.25, -0.2) is 0 Å². The Bertz CT molecular complexity index is 598. The van der Waals surface area contributed by atoms with Gasteiger partial charge in [-0.15, -0.1) is 0 Å². The number of amides is 1. The van der Waals surface area contributed by atoms with Crippen LogP contribution in [0.4, 0.5) is 0 Å². The van der Waals surface area contributed by atoms with Crippen LogP contribution in [-0.2, 0) is 14.4 Å². The molecule has 0 aromatic rings. The van der Waals surface area contributed by atoms with E-state index in [0.29, 0.717) is 28.7 Å². The molecule has 0 aromatic heterocycles. The first kappa shape index (κ1) is 19.3. The van der Waals surface area contributed by atoms with Crippen LogP contribution in [0.15, 0.2) is 22.3 Å². The van der Waals surface area contributed by atoms with Crippen LogP contribution in [0.5, 0.6) is 0 Å². The Hall–Kier alpha value is -1.79. The summed E-state index contributed by atoms with van der Waals surface area (Å²) in [4.78, 5) is 36.4. The summed E-state index contributed by atoms with van der Waals surface area (Å²) in [6.07, 6.45) is -0.611. The molecule has 1 aliphatic carbocycles. The van der Waals surface area contributed by atoms with E-state index in [1.165, 1.54) is 6.92 Å². The molecule has 6 nitrogen and oxygen atoms in total. The summed E-state index contributed by atoms with van der Waals surface area (Å²) in [5, 5.41) is 22.0. The van der Waals surface area contributed by atoms with E-state index in [1.807, 2.05) is 0 Å². The minimum atomic E-state index is -1.74. The van der Waals surface area contributed by atoms with Crippen molar-refractivity contribution in [2.75, 3.05) is 0 Å². The van der Waals surface area contributed by atoms with Crippen LogP contribution in [0.2, 0.25) is 0 Å². The Balaban J connectivity index is 2.86. The van der Waals surface area contributed by atoms with Gasteiger partial charge in [0, 0.05) is 22.3 Å². The van der Waals surface area contributed by atoms with Crippen molar-refractivity contribution in [2.24, 2.45) is 0 Å². The summed E-state index contributed by atoms with van der Waals surface area (Å²) < 4.78 is 0. The molecule has 0 radical (unpaired) electrons. The van der Waals surface area contributed by atoms with Crippen LogP contribution in [0.1, 0.15) is 53.9 Å². The second-order valence-corrected chi connectivity index (χ2v) is 6.18. The minimum absolute atomic E-state index is 0.0205. The summed E-state index contributed by atoms with van der Waals surface area (Å²) in [6, 6.07) is 0. The zero-order valence-electron chi connectivity index (χ0n) is 14.3. The number of carbonyl (C=O) groups excluding carboxylic acids is 3. The first-order valence-electron chi connectivity index (χ1n) is 7.71. The van der Waals surface area contributed by atoms with Gasteiger partial charge in [0.05, 0.1) is 0 Å². The molecular weight excluding hydrogens is 298 g/mol. The number of carbonyl (C=O) groups is 3. The lowest BCUT2D eigenvalue weighted by molar-refractivity contribution is -0.142. The molecule has 23 heavy (non-hydrogen) atoms. The number of nitrogens with one attached hydrogen (secondary N) is 1. The lowest BCUT2D eigenvalue weighted by atomic mass is 9.82. The predicted octanol–water partition coefficient (Wildman–Crippen LogP) is 1.17. The van der Waals surface area contributed by atoms with E-state index in [9.17, 15) is 24.6 Å². The maximum atomic E-state index is 12.3. The van der Waals surface area contributed by atoms with Crippen molar-refractivity contribution < 1.29 is 24.6 Å². The molecule has 0 fully saturated rings. The molecule has 0 spiro atoms. The minimum Gasteiger partial charge on any atom is -0.380 e. The van der Waals surface area contributed by atoms with Crippen molar-refractivity contribution in [2.45, 2.75) is 65.7 Å². The predicted molar refractivity (Wildman–Crippen MR) is 85.4 cm³/mol. The third-order valence-electron chi connectivity index (χ3n) is 4.35. The van der Waals surface area contributed by atoms with E-state index in [0.717, 1.165) is 0 Å². The SMILES string of the molecule is CCC(O)NC(=O)C(C)(O)CCC1=C(C)C(=O)C(C)=C(C)C1=O. The van der Waals surface area contributed by atoms with E-state index >= 15 is 0 Å². The van der Waals surface area contributed by atoms with Gasteiger partial charge in [0.1, 0.15) is 11.8 Å². The monoisotopic (exact) mass is 323 g/mol. The highest BCUT2D eigenvalue weighted by Crippen LogP contribution is 2.28. The van der Waals surface area contributed by atoms with Crippen molar-refractivity contribution in [3.05, 3.63) is 22.3 Å². The van der Waals surface area contributed by atoms with Crippen molar-refractivity contribution >= 4 is 17.5 Å². The zero-order chi connectivity index (χ0) is 17.9. The lowest BCUT2D eigenvalue weighted by Gasteiger charge is -2.25. The summed E-state index contributed by atoms with van der Waals surface area (Å²) in [6.45, 7) is 7.82. The highest BCUT2D eigenvalue weighted by Gasteiger charge is 2.34. The van der Waals surface area contributed by atoms with Crippen LogP contribution in [0.3, 0.4) is 0 Å². The molecule has 3 N–H and O–H groups in total. The first-order chi connectivity index (χ1) is 10.5. The second-order valence-electron chi connectivity index (χ2n) is 6.18. The Morgan fingerprint density at radius 2 is 1.65 bits per heavy atom. The molecule has 0 bridgehead atoms. The maximum absolute atomic E-state index is 12.3. The number of hydrogen-bond acceptors (Lipinski definition) is 5. The average molecular weight is 323 g/mol. The summed E-state index contributed by atoms with van der Waals surface area (Å²) in [5.41, 5.74) is -0.199. The summed E-state index contributed by atoms with van der Waals surface area (Å²) in [5.74, 6) is -1.10. The van der Waals surface area contributed by atoms with Crippen molar-refractivity contribution in [1.29, 1.82) is 0 Å². The van der Waals surface area contributed by atoms with Gasteiger partial charge < -0.3 is 15.5 Å². The molecule has 1 rings (SSSR count). The number of hydrogen-bond donors (Lipinski definition) is 3. The number of aliphatic hydroxyl groups is 2. The van der Waals surface area contributed by atoms with Crippen LogP contribution >= 0.6 is 0 Å². The highest BCUT2D eigenvalue weighted by molar-refractivity contribution is 6.24. The number of allylic oxidation sites excluding steroid dienone is 4. The molecule has 0 saturated heterocycles. The first-order valence-corrected chi connectivity index (χ1v) is 7.71. The second kappa shape index (κ2) is 7.19. The van der Waals surface area contributed by atoms with E-state index in [4.69, 9.17) is 0 Å². The molecule has 1 amide bonds. The van der Waals surface area contributed by atoms with Gasteiger partial charge in [0.2, 0.25) is 0 Å². The molecule has 1 aliphatic rings. The zero-order valence-corrected chi connectivity index (χ0v) is 14.3. The molecule has 0 aliphatic heterocycles. The number of rotatable bonds is 6. The van der Waals surface area contributed by atoms with Crippen LogP contribution in [0, 0.1) is 0 Å². The maximum Gasteiger partial charge on any atom is 0.253 e. The van der Waals surface area contributed by atoms with Crippen molar-refractivity contribution in [3.63, 3.8) is 0 Å². The van der Waals surface area contributed by atoms with Gasteiger partial charge in [-0.05, 0) is 47.0 Å². The van der Waals surface area contributed by atoms with Gasteiger partial charge in [-0.2, -0.15) is 0 Å². The Morgan fingerprint density at radius 1 is 1.13 bits per heavy atom. The fourth-order valence-corrected chi connectivity index (χ4v) is 2.35. The van der Waals surface area contributed by atoms with Gasteiger partial charge in [-0.3, -0.25) is 14.4 Å². The smallest absolute Gasteiger partial charge is 0.253 e. The van der Waals surface area contributed by atoms with Gasteiger partial charge in [0.25, 0.3) is 5.91 Å².